The lowest BCUT2D eigenvalue weighted by atomic mass is 10.2. The van der Waals surface area contributed by atoms with E-state index in [1.807, 2.05) is 30.3 Å². The molecule has 0 unspecified atom stereocenters. The van der Waals surface area contributed by atoms with Crippen molar-refractivity contribution in [3.8, 4) is 0 Å². The van der Waals surface area contributed by atoms with Gasteiger partial charge in [0.2, 0.25) is 0 Å². The monoisotopic (exact) mass is 388 g/mol. The van der Waals surface area contributed by atoms with E-state index in [9.17, 15) is 4.79 Å². The summed E-state index contributed by atoms with van der Waals surface area (Å²) in [5.74, 6) is 0.796. The summed E-state index contributed by atoms with van der Waals surface area (Å²) in [4.78, 5) is 16.7. The number of benzene rings is 2. The van der Waals surface area contributed by atoms with Gasteiger partial charge in [-0.25, -0.2) is 0 Å². The third-order valence-electron chi connectivity index (χ3n) is 3.56. The van der Waals surface area contributed by atoms with E-state index in [4.69, 9.17) is 0 Å². The van der Waals surface area contributed by atoms with Crippen molar-refractivity contribution in [2.75, 3.05) is 12.3 Å². The zero-order valence-electron chi connectivity index (χ0n) is 12.7. The Hall–Kier alpha value is -1.72. The number of thioether (sulfide) groups is 1. The van der Waals surface area contributed by atoms with Gasteiger partial charge in [0, 0.05) is 43.8 Å². The Kier molecular flexibility index (Phi) is 5.08. The second-order valence-electron chi connectivity index (χ2n) is 5.24. The zero-order chi connectivity index (χ0) is 16.2. The van der Waals surface area contributed by atoms with Gasteiger partial charge in [0.25, 0.3) is 5.91 Å². The van der Waals surface area contributed by atoms with Crippen LogP contribution in [0.2, 0.25) is 0 Å². The van der Waals surface area contributed by atoms with E-state index in [-0.39, 0.29) is 5.91 Å². The van der Waals surface area contributed by atoms with E-state index in [1.54, 1.807) is 11.8 Å². The molecule has 0 aliphatic rings. The van der Waals surface area contributed by atoms with Crippen LogP contribution in [0.3, 0.4) is 0 Å². The lowest BCUT2D eigenvalue weighted by Crippen LogP contribution is -2.25. The maximum absolute atomic E-state index is 12.1. The SMILES string of the molecule is Cc1[nH]c2ccccc2c1SCCNC(=O)c1cccc(Br)c1. The molecule has 0 bridgehead atoms. The minimum atomic E-state index is -0.0393. The molecule has 0 aliphatic carbocycles. The van der Waals surface area contributed by atoms with E-state index in [1.165, 1.54) is 16.0 Å². The molecule has 0 saturated carbocycles. The summed E-state index contributed by atoms with van der Waals surface area (Å²) in [6.45, 7) is 2.72. The largest absolute Gasteiger partial charge is 0.358 e. The fourth-order valence-corrected chi connectivity index (χ4v) is 3.89. The van der Waals surface area contributed by atoms with Crippen LogP contribution in [0.1, 0.15) is 16.1 Å². The van der Waals surface area contributed by atoms with Crippen molar-refractivity contribution in [2.24, 2.45) is 0 Å². The lowest BCUT2D eigenvalue weighted by Gasteiger charge is -2.06. The molecule has 0 fully saturated rings. The first-order valence-corrected chi connectivity index (χ1v) is 9.17. The molecule has 0 saturated heterocycles. The number of hydrogen-bond donors (Lipinski definition) is 2. The summed E-state index contributed by atoms with van der Waals surface area (Å²) >= 11 is 5.15. The summed E-state index contributed by atoms with van der Waals surface area (Å²) in [5, 5.41) is 4.21. The molecule has 0 spiro atoms. The van der Waals surface area contributed by atoms with Gasteiger partial charge in [-0.3, -0.25) is 4.79 Å². The molecule has 0 aliphatic heterocycles. The summed E-state index contributed by atoms with van der Waals surface area (Å²) in [6, 6.07) is 15.7. The quantitative estimate of drug-likeness (QED) is 0.488. The highest BCUT2D eigenvalue weighted by atomic mass is 79.9. The minimum Gasteiger partial charge on any atom is -0.358 e. The van der Waals surface area contributed by atoms with Crippen LogP contribution < -0.4 is 5.32 Å². The van der Waals surface area contributed by atoms with Crippen molar-refractivity contribution in [1.29, 1.82) is 0 Å². The van der Waals surface area contributed by atoms with E-state index in [0.29, 0.717) is 12.1 Å². The van der Waals surface area contributed by atoms with E-state index in [0.717, 1.165) is 15.7 Å². The highest BCUT2D eigenvalue weighted by molar-refractivity contribution is 9.10. The van der Waals surface area contributed by atoms with E-state index >= 15 is 0 Å². The Morgan fingerprint density at radius 2 is 2.04 bits per heavy atom. The van der Waals surface area contributed by atoms with Gasteiger partial charge in [-0.15, -0.1) is 11.8 Å². The molecule has 0 atom stereocenters. The Morgan fingerprint density at radius 1 is 1.22 bits per heavy atom. The molecule has 1 aromatic heterocycles. The molecule has 3 aromatic rings. The molecule has 23 heavy (non-hydrogen) atoms. The number of carbonyl (C=O) groups excluding carboxylic acids is 1. The molecule has 3 rings (SSSR count). The fourth-order valence-electron chi connectivity index (χ4n) is 2.49. The van der Waals surface area contributed by atoms with E-state index < -0.39 is 0 Å². The van der Waals surface area contributed by atoms with Crippen molar-refractivity contribution in [1.82, 2.24) is 10.3 Å². The van der Waals surface area contributed by atoms with Crippen LogP contribution in [0.15, 0.2) is 57.9 Å². The average molecular weight is 389 g/mol. The van der Waals surface area contributed by atoms with Crippen molar-refractivity contribution < 1.29 is 4.79 Å². The summed E-state index contributed by atoms with van der Waals surface area (Å²) < 4.78 is 0.911. The van der Waals surface area contributed by atoms with Gasteiger partial charge in [0.15, 0.2) is 0 Å². The number of halogens is 1. The Morgan fingerprint density at radius 3 is 2.87 bits per heavy atom. The molecular weight excluding hydrogens is 372 g/mol. The number of hydrogen-bond acceptors (Lipinski definition) is 2. The number of rotatable bonds is 5. The van der Waals surface area contributed by atoms with Crippen molar-refractivity contribution in [3.05, 3.63) is 64.3 Å². The smallest absolute Gasteiger partial charge is 0.251 e. The molecule has 2 N–H and O–H groups in total. The zero-order valence-corrected chi connectivity index (χ0v) is 15.1. The molecule has 118 valence electrons. The number of carbonyl (C=O) groups is 1. The molecular formula is C18H17BrN2OS. The van der Waals surface area contributed by atoms with E-state index in [2.05, 4.69) is 51.4 Å². The van der Waals surface area contributed by atoms with Gasteiger partial charge >= 0.3 is 0 Å². The standard InChI is InChI=1S/C18H17BrN2OS/c1-12-17(15-7-2-3-8-16(15)21-12)23-10-9-20-18(22)13-5-4-6-14(19)11-13/h2-8,11,21H,9-10H2,1H3,(H,20,22). The first-order chi connectivity index (χ1) is 11.1. The van der Waals surface area contributed by atoms with Crippen LogP contribution in [-0.2, 0) is 0 Å². The highest BCUT2D eigenvalue weighted by Crippen LogP contribution is 2.30. The second-order valence-corrected chi connectivity index (χ2v) is 7.26. The van der Waals surface area contributed by atoms with Gasteiger partial charge in [-0.1, -0.05) is 40.2 Å². The van der Waals surface area contributed by atoms with Crippen molar-refractivity contribution in [3.63, 3.8) is 0 Å². The first kappa shape index (κ1) is 16.1. The van der Waals surface area contributed by atoms with Crippen LogP contribution in [0.4, 0.5) is 0 Å². The van der Waals surface area contributed by atoms with Crippen LogP contribution in [-0.4, -0.2) is 23.2 Å². The maximum atomic E-state index is 12.1. The number of para-hydroxylation sites is 1. The lowest BCUT2D eigenvalue weighted by molar-refractivity contribution is 0.0956. The highest BCUT2D eigenvalue weighted by Gasteiger charge is 2.09. The average Bonchev–Trinajstić information content (AvgIpc) is 2.87. The Balaban J connectivity index is 1.57. The predicted molar refractivity (Wildman–Crippen MR) is 100 cm³/mol. The van der Waals surface area contributed by atoms with Crippen LogP contribution in [0.25, 0.3) is 10.9 Å². The second kappa shape index (κ2) is 7.23. The Bertz CT molecular complexity index is 844. The van der Waals surface area contributed by atoms with Gasteiger partial charge in [0.05, 0.1) is 0 Å². The first-order valence-electron chi connectivity index (χ1n) is 7.39. The van der Waals surface area contributed by atoms with Crippen LogP contribution >= 0.6 is 27.7 Å². The van der Waals surface area contributed by atoms with Gasteiger partial charge in [0.1, 0.15) is 0 Å². The fraction of sp³-hybridized carbons (Fsp3) is 0.167. The minimum absolute atomic E-state index is 0.0393. The molecule has 0 radical (unpaired) electrons. The van der Waals surface area contributed by atoms with Crippen molar-refractivity contribution in [2.45, 2.75) is 11.8 Å². The molecule has 5 heteroatoms. The predicted octanol–water partition coefficient (Wildman–Crippen LogP) is 4.76. The number of aromatic nitrogens is 1. The van der Waals surface area contributed by atoms with Gasteiger partial charge in [-0.05, 0) is 31.2 Å². The van der Waals surface area contributed by atoms with Gasteiger partial charge < -0.3 is 10.3 Å². The normalized spacial score (nSPS) is 10.9. The summed E-state index contributed by atoms with van der Waals surface area (Å²) in [5.41, 5.74) is 3.01. The third-order valence-corrected chi connectivity index (χ3v) is 5.27. The number of aryl methyl sites for hydroxylation is 1. The number of H-pyrrole nitrogens is 1. The number of nitrogens with one attached hydrogen (secondary N) is 2. The van der Waals surface area contributed by atoms with Crippen LogP contribution in [0, 0.1) is 6.92 Å². The third kappa shape index (κ3) is 3.79. The Labute approximate surface area is 148 Å². The topological polar surface area (TPSA) is 44.9 Å². The molecule has 1 heterocycles. The van der Waals surface area contributed by atoms with Crippen LogP contribution in [0.5, 0.6) is 0 Å². The molecule has 1 amide bonds. The summed E-state index contributed by atoms with van der Waals surface area (Å²) in [7, 11) is 0. The summed E-state index contributed by atoms with van der Waals surface area (Å²) in [6.07, 6.45) is 0. The molecule has 3 nitrogen and oxygen atoms in total. The van der Waals surface area contributed by atoms with Gasteiger partial charge in [-0.2, -0.15) is 0 Å². The maximum Gasteiger partial charge on any atom is 0.251 e. The number of fused-ring (bicyclic) bond motifs is 1. The number of aromatic amines is 1. The number of amides is 1. The molecule has 2 aromatic carbocycles. The van der Waals surface area contributed by atoms with Crippen molar-refractivity contribution >= 4 is 44.5 Å².